The highest BCUT2D eigenvalue weighted by atomic mass is 16.1. The molecule has 1 aliphatic carbocycles. The largest absolute Gasteiger partial charge is 0.357 e. The van der Waals surface area contributed by atoms with Gasteiger partial charge in [-0.05, 0) is 75.6 Å². The Bertz CT molecular complexity index is 949. The van der Waals surface area contributed by atoms with Crippen LogP contribution in [0.1, 0.15) is 95.5 Å². The van der Waals surface area contributed by atoms with Gasteiger partial charge in [0.2, 0.25) is 0 Å². The first-order valence-electron chi connectivity index (χ1n) is 14.2. The number of nitrogens with one attached hydrogen (secondary N) is 1. The average molecular weight is 480 g/mol. The maximum Gasteiger partial charge on any atom is 0.270 e. The summed E-state index contributed by atoms with van der Waals surface area (Å²) in [7, 11) is 0. The molecule has 0 spiro atoms. The zero-order valence-corrected chi connectivity index (χ0v) is 22.1. The molecule has 3 aliphatic rings. The van der Waals surface area contributed by atoms with Gasteiger partial charge in [-0.15, -0.1) is 0 Å². The van der Waals surface area contributed by atoms with Crippen molar-refractivity contribution in [2.24, 2.45) is 5.92 Å². The monoisotopic (exact) mass is 479 g/mol. The van der Waals surface area contributed by atoms with Crippen LogP contribution in [0.2, 0.25) is 0 Å². The summed E-state index contributed by atoms with van der Waals surface area (Å²) in [6.07, 6.45) is 12.7. The number of anilines is 1. The number of fused-ring (bicyclic) bond motifs is 1. The minimum atomic E-state index is -0.0602. The number of amides is 1. The number of pyridine rings is 2. The number of hydrogen-bond acceptors (Lipinski definition) is 5. The summed E-state index contributed by atoms with van der Waals surface area (Å²) in [6.45, 7) is 10.8. The van der Waals surface area contributed by atoms with Gasteiger partial charge in [0.05, 0.1) is 11.0 Å². The third-order valence-corrected chi connectivity index (χ3v) is 8.01. The molecular formula is C29H45N5O. The molecule has 6 nitrogen and oxygen atoms in total. The molecule has 2 atom stereocenters. The highest BCUT2D eigenvalue weighted by molar-refractivity contribution is 5.94. The topological polar surface area (TPSA) is 61.4 Å². The summed E-state index contributed by atoms with van der Waals surface area (Å²) in [4.78, 5) is 27.5. The molecule has 1 N–H and O–H groups in total. The Labute approximate surface area is 211 Å². The molecule has 2 saturated heterocycles. The Balaban J connectivity index is 0.00000141. The molecular weight excluding hydrogens is 434 g/mol. The first kappa shape index (κ1) is 25.9. The number of nitrogens with zero attached hydrogens (tertiary/aromatic N) is 4. The number of likely N-dealkylation sites (tertiary alicyclic amines) is 1. The van der Waals surface area contributed by atoms with Gasteiger partial charge in [-0.3, -0.25) is 4.79 Å². The normalized spacial score (nSPS) is 24.0. The van der Waals surface area contributed by atoms with Gasteiger partial charge < -0.3 is 15.1 Å². The molecule has 192 valence electrons. The van der Waals surface area contributed by atoms with E-state index < -0.39 is 0 Å². The number of hydrogen-bond donors (Lipinski definition) is 1. The van der Waals surface area contributed by atoms with Gasteiger partial charge in [-0.25, -0.2) is 9.97 Å². The van der Waals surface area contributed by atoms with E-state index in [0.29, 0.717) is 11.7 Å². The lowest BCUT2D eigenvalue weighted by molar-refractivity contribution is 0.0847. The second-order valence-corrected chi connectivity index (χ2v) is 10.5. The van der Waals surface area contributed by atoms with Crippen LogP contribution in [0.4, 0.5) is 5.82 Å². The fourth-order valence-corrected chi connectivity index (χ4v) is 6.01. The maximum atomic E-state index is 13.0. The molecule has 2 aromatic rings. The molecule has 3 fully saturated rings. The van der Waals surface area contributed by atoms with Crippen LogP contribution in [0.25, 0.3) is 11.0 Å². The van der Waals surface area contributed by atoms with Crippen molar-refractivity contribution >= 4 is 22.8 Å². The zero-order chi connectivity index (χ0) is 24.6. The predicted molar refractivity (Wildman–Crippen MR) is 145 cm³/mol. The van der Waals surface area contributed by atoms with Crippen molar-refractivity contribution in [1.29, 1.82) is 0 Å². The second kappa shape index (κ2) is 12.7. The average Bonchev–Trinajstić information content (AvgIpc) is 3.25. The Morgan fingerprint density at radius 2 is 1.57 bits per heavy atom. The summed E-state index contributed by atoms with van der Waals surface area (Å²) in [5, 5.41) is 3.26. The third-order valence-electron chi connectivity index (χ3n) is 8.01. The molecule has 2 unspecified atom stereocenters. The van der Waals surface area contributed by atoms with E-state index in [4.69, 9.17) is 4.98 Å². The van der Waals surface area contributed by atoms with Crippen LogP contribution < -0.4 is 10.2 Å². The van der Waals surface area contributed by atoms with E-state index in [-0.39, 0.29) is 11.9 Å². The number of piperidine rings is 1. The van der Waals surface area contributed by atoms with E-state index in [1.807, 2.05) is 32.0 Å². The minimum Gasteiger partial charge on any atom is -0.357 e. The Morgan fingerprint density at radius 1 is 0.886 bits per heavy atom. The third kappa shape index (κ3) is 6.72. The quantitative estimate of drug-likeness (QED) is 0.586. The van der Waals surface area contributed by atoms with Gasteiger partial charge in [-0.2, -0.15) is 0 Å². The van der Waals surface area contributed by atoms with E-state index in [1.54, 1.807) is 0 Å². The van der Waals surface area contributed by atoms with Crippen molar-refractivity contribution in [3.63, 3.8) is 0 Å². The lowest BCUT2D eigenvalue weighted by Gasteiger charge is -2.39. The van der Waals surface area contributed by atoms with Crippen molar-refractivity contribution in [2.45, 2.75) is 97.1 Å². The number of carbonyl (C=O) groups is 1. The van der Waals surface area contributed by atoms with Crippen LogP contribution in [0.5, 0.6) is 0 Å². The van der Waals surface area contributed by atoms with Gasteiger partial charge in [0.25, 0.3) is 5.91 Å². The Hall–Kier alpha value is -2.21. The molecule has 2 aliphatic heterocycles. The van der Waals surface area contributed by atoms with E-state index in [9.17, 15) is 4.79 Å². The fourth-order valence-electron chi connectivity index (χ4n) is 6.01. The Morgan fingerprint density at radius 3 is 2.29 bits per heavy atom. The molecule has 6 heteroatoms. The van der Waals surface area contributed by atoms with Crippen LogP contribution in [0, 0.1) is 5.92 Å². The molecule has 1 saturated carbocycles. The predicted octanol–water partition coefficient (Wildman–Crippen LogP) is 5.81. The van der Waals surface area contributed by atoms with Crippen LogP contribution >= 0.6 is 0 Å². The molecule has 0 radical (unpaired) electrons. The highest BCUT2D eigenvalue weighted by Crippen LogP contribution is 2.28. The standard InChI is InChI=1S/C27H39N5O.C2H6/c1-20-18-22(14-17-32(20)19-21-8-4-5-9-21)28-27(33)25-11-10-24-23(29-25)12-13-26(30-24)31-15-6-2-3-7-16-31;1-2/h10-13,20-22H,2-9,14-19H2,1H3,(H,28,33);1-2H3. The van der Waals surface area contributed by atoms with Crippen molar-refractivity contribution in [2.75, 3.05) is 31.1 Å². The highest BCUT2D eigenvalue weighted by Gasteiger charge is 2.29. The van der Waals surface area contributed by atoms with E-state index >= 15 is 0 Å². The summed E-state index contributed by atoms with van der Waals surface area (Å²) >= 11 is 0. The minimum absolute atomic E-state index is 0.0602. The molecule has 5 rings (SSSR count). The van der Waals surface area contributed by atoms with E-state index in [1.165, 1.54) is 57.9 Å². The summed E-state index contributed by atoms with van der Waals surface area (Å²) in [5.41, 5.74) is 2.15. The lowest BCUT2D eigenvalue weighted by Crippen LogP contribution is -2.50. The van der Waals surface area contributed by atoms with Crippen LogP contribution in [0.3, 0.4) is 0 Å². The van der Waals surface area contributed by atoms with Gasteiger partial charge in [0.15, 0.2) is 0 Å². The second-order valence-electron chi connectivity index (χ2n) is 10.5. The van der Waals surface area contributed by atoms with Crippen molar-refractivity contribution in [3.05, 3.63) is 30.0 Å². The van der Waals surface area contributed by atoms with Crippen molar-refractivity contribution in [1.82, 2.24) is 20.2 Å². The smallest absolute Gasteiger partial charge is 0.270 e. The van der Waals surface area contributed by atoms with Crippen molar-refractivity contribution in [3.8, 4) is 0 Å². The van der Waals surface area contributed by atoms with Crippen LogP contribution in [-0.4, -0.2) is 59.0 Å². The van der Waals surface area contributed by atoms with Gasteiger partial charge in [0.1, 0.15) is 11.5 Å². The number of carbonyl (C=O) groups excluding carboxylic acids is 1. The SMILES string of the molecule is CC.CC1CC(NC(=O)c2ccc3nc(N4CCCCCC4)ccc3n2)CCN1CC1CCCC1. The molecule has 4 heterocycles. The number of rotatable bonds is 5. The van der Waals surface area contributed by atoms with E-state index in [0.717, 1.165) is 55.2 Å². The molecule has 0 aromatic carbocycles. The number of aromatic nitrogens is 2. The first-order chi connectivity index (χ1) is 17.2. The molecule has 0 bridgehead atoms. The Kier molecular flexibility index (Phi) is 9.36. The summed E-state index contributed by atoms with van der Waals surface area (Å²) < 4.78 is 0. The zero-order valence-electron chi connectivity index (χ0n) is 22.1. The molecule has 2 aromatic heterocycles. The molecule has 35 heavy (non-hydrogen) atoms. The summed E-state index contributed by atoms with van der Waals surface area (Å²) in [6, 6.07) is 8.61. The van der Waals surface area contributed by atoms with Crippen molar-refractivity contribution < 1.29 is 4.79 Å². The van der Waals surface area contributed by atoms with Gasteiger partial charge in [-0.1, -0.05) is 39.5 Å². The lowest BCUT2D eigenvalue weighted by atomic mass is 9.96. The molecule has 1 amide bonds. The summed E-state index contributed by atoms with van der Waals surface area (Å²) in [5.74, 6) is 1.85. The fraction of sp³-hybridized carbons (Fsp3) is 0.690. The van der Waals surface area contributed by atoms with E-state index in [2.05, 4.69) is 33.1 Å². The maximum absolute atomic E-state index is 13.0. The van der Waals surface area contributed by atoms with Gasteiger partial charge >= 0.3 is 0 Å². The first-order valence-corrected chi connectivity index (χ1v) is 14.2. The van der Waals surface area contributed by atoms with Crippen LogP contribution in [0.15, 0.2) is 24.3 Å². The van der Waals surface area contributed by atoms with Crippen LogP contribution in [-0.2, 0) is 0 Å². The van der Waals surface area contributed by atoms with Gasteiger partial charge in [0, 0.05) is 38.3 Å².